The van der Waals surface area contributed by atoms with Gasteiger partial charge in [-0.05, 0) is 35.4 Å². The first kappa shape index (κ1) is 17.7. The zero-order valence-electron chi connectivity index (χ0n) is 13.4. The smallest absolute Gasteiger partial charge is 0.223 e. The van der Waals surface area contributed by atoms with Gasteiger partial charge in [0.2, 0.25) is 5.91 Å². The molecule has 5 heteroatoms. The predicted molar refractivity (Wildman–Crippen MR) is 91.0 cm³/mol. The van der Waals surface area contributed by atoms with Crippen molar-refractivity contribution >= 4 is 12.0 Å². The van der Waals surface area contributed by atoms with E-state index in [4.69, 9.17) is 4.74 Å². The predicted octanol–water partition coefficient (Wildman–Crippen LogP) is 3.09. The van der Waals surface area contributed by atoms with Crippen molar-refractivity contribution in [3.05, 3.63) is 71.6 Å². The molecular weight excluding hydrogens is 309 g/mol. The maximum Gasteiger partial charge on any atom is 0.223 e. The summed E-state index contributed by atoms with van der Waals surface area (Å²) < 4.78 is 17.8. The number of carbonyl (C=O) groups excluding carboxylic acids is 1. The molecule has 0 radical (unpaired) electrons. The highest BCUT2D eigenvalue weighted by atomic mass is 19.1. The number of nitrogens with one attached hydrogen (secondary N) is 1. The summed E-state index contributed by atoms with van der Waals surface area (Å²) in [4.78, 5) is 11.8. The summed E-state index contributed by atoms with van der Waals surface area (Å²) in [5, 5.41) is 12.7. The third-order valence-electron chi connectivity index (χ3n) is 3.48. The van der Waals surface area contributed by atoms with Gasteiger partial charge in [0.25, 0.3) is 0 Å². The third kappa shape index (κ3) is 5.52. The van der Waals surface area contributed by atoms with Crippen LogP contribution in [-0.2, 0) is 4.79 Å². The van der Waals surface area contributed by atoms with E-state index in [9.17, 15) is 14.3 Å². The Morgan fingerprint density at radius 3 is 2.50 bits per heavy atom. The molecule has 2 aromatic rings. The first-order chi connectivity index (χ1) is 11.6. The maximum atomic E-state index is 12.8. The highest BCUT2D eigenvalue weighted by Crippen LogP contribution is 2.17. The van der Waals surface area contributed by atoms with E-state index < -0.39 is 6.10 Å². The van der Waals surface area contributed by atoms with Crippen LogP contribution in [0, 0.1) is 5.82 Å². The van der Waals surface area contributed by atoms with Gasteiger partial charge in [-0.2, -0.15) is 0 Å². The molecule has 2 aromatic carbocycles. The summed E-state index contributed by atoms with van der Waals surface area (Å²) >= 11 is 0. The molecule has 2 N–H and O–H groups in total. The standard InChI is InChI=1S/C19H20FNO3/c1-24-17-11-7-15(8-12-17)18(22)13-21-19(23)4-2-3-14-5-9-16(20)10-6-14/h2-3,5-12,18,22H,4,13H2,1H3,(H,21,23)/b3-2+. The van der Waals surface area contributed by atoms with Crippen LogP contribution < -0.4 is 10.1 Å². The minimum absolute atomic E-state index is 0.134. The number of aliphatic hydroxyl groups is 1. The van der Waals surface area contributed by atoms with Crippen LogP contribution >= 0.6 is 0 Å². The van der Waals surface area contributed by atoms with Gasteiger partial charge in [-0.1, -0.05) is 36.4 Å². The highest BCUT2D eigenvalue weighted by Gasteiger charge is 2.09. The second kappa shape index (κ2) is 8.84. The zero-order valence-corrected chi connectivity index (χ0v) is 13.4. The molecule has 24 heavy (non-hydrogen) atoms. The number of aliphatic hydroxyl groups excluding tert-OH is 1. The summed E-state index contributed by atoms with van der Waals surface area (Å²) in [6, 6.07) is 13.0. The molecular formula is C19H20FNO3. The summed E-state index contributed by atoms with van der Waals surface area (Å²) in [6.07, 6.45) is 2.86. The van der Waals surface area contributed by atoms with Gasteiger partial charge in [0.05, 0.1) is 13.2 Å². The molecule has 4 nitrogen and oxygen atoms in total. The Labute approximate surface area is 140 Å². The minimum atomic E-state index is -0.777. The number of benzene rings is 2. The lowest BCUT2D eigenvalue weighted by Crippen LogP contribution is -2.27. The van der Waals surface area contributed by atoms with Crippen LogP contribution in [0.2, 0.25) is 0 Å². The second-order valence-corrected chi connectivity index (χ2v) is 5.25. The Morgan fingerprint density at radius 2 is 1.88 bits per heavy atom. The lowest BCUT2D eigenvalue weighted by molar-refractivity contribution is -0.120. The summed E-state index contributed by atoms with van der Waals surface area (Å²) in [5.74, 6) is 0.222. The second-order valence-electron chi connectivity index (χ2n) is 5.25. The van der Waals surface area contributed by atoms with Crippen molar-refractivity contribution in [2.45, 2.75) is 12.5 Å². The van der Waals surface area contributed by atoms with E-state index in [0.29, 0.717) is 11.3 Å². The van der Waals surface area contributed by atoms with E-state index in [1.54, 1.807) is 55.7 Å². The molecule has 0 aliphatic carbocycles. The van der Waals surface area contributed by atoms with Crippen LogP contribution in [-0.4, -0.2) is 24.7 Å². The van der Waals surface area contributed by atoms with E-state index in [0.717, 1.165) is 5.56 Å². The van der Waals surface area contributed by atoms with Gasteiger partial charge < -0.3 is 15.2 Å². The number of ether oxygens (including phenoxy) is 1. The molecule has 0 aliphatic rings. The van der Waals surface area contributed by atoms with Crippen molar-refractivity contribution in [3.8, 4) is 5.75 Å². The molecule has 1 amide bonds. The topological polar surface area (TPSA) is 58.6 Å². The third-order valence-corrected chi connectivity index (χ3v) is 3.48. The van der Waals surface area contributed by atoms with Crippen LogP contribution in [0.5, 0.6) is 5.75 Å². The zero-order chi connectivity index (χ0) is 17.4. The van der Waals surface area contributed by atoms with Gasteiger partial charge >= 0.3 is 0 Å². The molecule has 0 heterocycles. The van der Waals surface area contributed by atoms with E-state index >= 15 is 0 Å². The fourth-order valence-corrected chi connectivity index (χ4v) is 2.10. The first-order valence-electron chi connectivity index (χ1n) is 7.59. The normalized spacial score (nSPS) is 12.1. The molecule has 126 valence electrons. The van der Waals surface area contributed by atoms with Crippen molar-refractivity contribution < 1.29 is 19.0 Å². The molecule has 0 fully saturated rings. The monoisotopic (exact) mass is 329 g/mol. The van der Waals surface area contributed by atoms with Gasteiger partial charge in [-0.3, -0.25) is 4.79 Å². The Bertz CT molecular complexity index is 681. The Hall–Kier alpha value is -2.66. The molecule has 0 aromatic heterocycles. The highest BCUT2D eigenvalue weighted by molar-refractivity contribution is 5.78. The lowest BCUT2D eigenvalue weighted by atomic mass is 10.1. The number of rotatable bonds is 7. The SMILES string of the molecule is COc1ccc(C(O)CNC(=O)C/C=C/c2ccc(F)cc2)cc1. The van der Waals surface area contributed by atoms with E-state index in [1.165, 1.54) is 12.1 Å². The maximum absolute atomic E-state index is 12.8. The minimum Gasteiger partial charge on any atom is -0.497 e. The fraction of sp³-hybridized carbons (Fsp3) is 0.211. The average Bonchev–Trinajstić information content (AvgIpc) is 2.61. The Morgan fingerprint density at radius 1 is 1.21 bits per heavy atom. The van der Waals surface area contributed by atoms with Crippen LogP contribution in [0.25, 0.3) is 6.08 Å². The van der Waals surface area contributed by atoms with Crippen molar-refractivity contribution in [1.29, 1.82) is 0 Å². The van der Waals surface area contributed by atoms with Crippen molar-refractivity contribution in [2.24, 2.45) is 0 Å². The molecule has 0 saturated heterocycles. The van der Waals surface area contributed by atoms with Crippen molar-refractivity contribution in [2.75, 3.05) is 13.7 Å². The number of methoxy groups -OCH3 is 1. The van der Waals surface area contributed by atoms with Crippen LogP contribution in [0.1, 0.15) is 23.7 Å². The Kier molecular flexibility index (Phi) is 6.51. The van der Waals surface area contributed by atoms with Gasteiger partial charge in [0, 0.05) is 13.0 Å². The largest absolute Gasteiger partial charge is 0.497 e. The average molecular weight is 329 g/mol. The Balaban J connectivity index is 1.76. The molecule has 0 aliphatic heterocycles. The molecule has 1 unspecified atom stereocenters. The van der Waals surface area contributed by atoms with E-state index in [-0.39, 0.29) is 24.7 Å². The van der Waals surface area contributed by atoms with E-state index in [1.807, 2.05) is 0 Å². The van der Waals surface area contributed by atoms with Gasteiger partial charge in [0.1, 0.15) is 11.6 Å². The molecule has 0 spiro atoms. The number of amides is 1. The number of hydrogen-bond acceptors (Lipinski definition) is 3. The van der Waals surface area contributed by atoms with E-state index in [2.05, 4.69) is 5.32 Å². The van der Waals surface area contributed by atoms with Gasteiger partial charge in [-0.25, -0.2) is 4.39 Å². The number of hydrogen-bond donors (Lipinski definition) is 2. The van der Waals surface area contributed by atoms with Crippen molar-refractivity contribution in [3.63, 3.8) is 0 Å². The quantitative estimate of drug-likeness (QED) is 0.821. The fourth-order valence-electron chi connectivity index (χ4n) is 2.10. The summed E-state index contributed by atoms with van der Waals surface area (Å²) in [5.41, 5.74) is 1.53. The molecule has 0 bridgehead atoms. The first-order valence-corrected chi connectivity index (χ1v) is 7.59. The molecule has 1 atom stereocenters. The van der Waals surface area contributed by atoms with Gasteiger partial charge in [-0.15, -0.1) is 0 Å². The van der Waals surface area contributed by atoms with Gasteiger partial charge in [0.15, 0.2) is 0 Å². The number of halogens is 1. The van der Waals surface area contributed by atoms with Crippen LogP contribution in [0.3, 0.4) is 0 Å². The lowest BCUT2D eigenvalue weighted by Gasteiger charge is -2.12. The molecule has 0 saturated carbocycles. The molecule has 2 rings (SSSR count). The van der Waals surface area contributed by atoms with Crippen LogP contribution in [0.15, 0.2) is 54.6 Å². The van der Waals surface area contributed by atoms with Crippen LogP contribution in [0.4, 0.5) is 4.39 Å². The summed E-state index contributed by atoms with van der Waals surface area (Å²) in [7, 11) is 1.57. The number of carbonyl (C=O) groups is 1. The van der Waals surface area contributed by atoms with Crippen molar-refractivity contribution in [1.82, 2.24) is 5.32 Å². The summed E-state index contributed by atoms with van der Waals surface area (Å²) in [6.45, 7) is 0.134.